The molecule has 2 atom stereocenters. The summed E-state index contributed by atoms with van der Waals surface area (Å²) in [6.07, 6.45) is 4.83. The van der Waals surface area contributed by atoms with Gasteiger partial charge in [0.2, 0.25) is 0 Å². The molecular weight excluding hydrogens is 1490 g/mol. The van der Waals surface area contributed by atoms with Crippen molar-refractivity contribution in [2.24, 2.45) is 5.92 Å². The standard InChI is InChI=1S/C11H19ClO4.C10H17BrO4.C10H17ClO4.2C9H15ClO4.C9H15O4.Os.H/c1-10(2)11(13)14-7-3-4-8-15-16-9-5-6-12;1-8(2)10(12)13-4-5-14-15-7-9(3)6-11;1-8(2)10(12)13-7-9(3)15-14-6-4-5-11;2*1-8(2)9(11)12-6-7-14-13-5-3-4-10;1-4-5-12-13-7-6-11-9(10)8(2)3;;/h1,3-9H2,2H3;2*9H,1,4-7H2,2-3H3;2*1,3-7H2,2H3;1-2,4-7H2,3H3;;/q;;;;;-1;;/i;;;;;;;1+2. The number of rotatable bonds is 49. The van der Waals surface area contributed by atoms with E-state index in [1.807, 2.05) is 6.92 Å². The second-order valence-electron chi connectivity index (χ2n) is 17.4. The van der Waals surface area contributed by atoms with Crippen molar-refractivity contribution in [1.82, 2.24) is 0 Å². The van der Waals surface area contributed by atoms with Crippen LogP contribution in [0.25, 0.3) is 0 Å². The van der Waals surface area contributed by atoms with E-state index in [4.69, 9.17) is 125 Å². The molecule has 0 heterocycles. The summed E-state index contributed by atoms with van der Waals surface area (Å²) in [5.74, 6) is 0.121. The van der Waals surface area contributed by atoms with Gasteiger partial charge in [-0.1, -0.05) is 62.3 Å². The van der Waals surface area contributed by atoms with Crippen LogP contribution in [0.5, 0.6) is 0 Å². The van der Waals surface area contributed by atoms with Gasteiger partial charge in [0, 0.05) is 62.3 Å². The number of ether oxygens (including phenoxy) is 6. The average Bonchev–Trinajstić information content (AvgIpc) is 3.52. The summed E-state index contributed by atoms with van der Waals surface area (Å²) in [4.78, 5) is 123. The Morgan fingerprint density at radius 3 is 0.920 bits per heavy atom. The van der Waals surface area contributed by atoms with Crippen LogP contribution < -0.4 is 0 Å². The van der Waals surface area contributed by atoms with Gasteiger partial charge in [-0.2, -0.15) is 6.42 Å². The fourth-order valence-corrected chi connectivity index (χ4v) is 4.10. The molecule has 0 aromatic heterocycles. The summed E-state index contributed by atoms with van der Waals surface area (Å²) in [5, 5.41) is 0.862. The topological polar surface area (TPSA) is 269 Å². The van der Waals surface area contributed by atoms with E-state index in [-0.39, 0.29) is 71.5 Å². The Labute approximate surface area is 564 Å². The Balaban J connectivity index is -0.000000180. The van der Waals surface area contributed by atoms with Gasteiger partial charge < -0.3 is 35.3 Å². The number of carbonyl (C=O) groups is 6. The molecule has 519 valence electrons. The summed E-state index contributed by atoms with van der Waals surface area (Å²) in [7, 11) is 0. The van der Waals surface area contributed by atoms with E-state index in [2.05, 4.69) is 72.1 Å². The van der Waals surface area contributed by atoms with E-state index in [0.717, 1.165) is 63.5 Å². The van der Waals surface area contributed by atoms with Crippen molar-refractivity contribution in [1.29, 1.82) is 0.816 Å². The molecule has 0 rings (SSSR count). The molecule has 0 aliphatic carbocycles. The van der Waals surface area contributed by atoms with Crippen molar-refractivity contribution in [2.75, 3.05) is 141 Å². The molecule has 0 aromatic rings. The maximum absolute atomic E-state index is 11.0. The van der Waals surface area contributed by atoms with E-state index < -0.39 is 29.8 Å². The molecule has 0 N–H and O–H groups in total. The van der Waals surface area contributed by atoms with Gasteiger partial charge in [0.15, 0.2) is 0 Å². The average molecular weight is 1590 g/mol. The van der Waals surface area contributed by atoms with Gasteiger partial charge in [0.1, 0.15) is 65.6 Å². The molecule has 0 saturated heterocycles. The van der Waals surface area contributed by atoms with Crippen LogP contribution in [0.4, 0.5) is 0 Å². The molecule has 0 aliphatic rings. The number of unbranched alkanes of at least 4 members (excludes halogenated alkanes) is 1. The van der Waals surface area contributed by atoms with Crippen LogP contribution in [-0.2, 0) is 135 Å². The quantitative estimate of drug-likeness (QED) is 0.00800. The molecular formula is C58H99BrCl4O24Os-. The first-order valence-corrected chi connectivity index (χ1v) is 30.7. The number of esters is 6. The fourth-order valence-electron chi connectivity index (χ4n) is 3.48. The summed E-state index contributed by atoms with van der Waals surface area (Å²) < 4.78 is 34.5. The summed E-state index contributed by atoms with van der Waals surface area (Å²) >= 11 is 26.1. The number of hydrogen-bond donors (Lipinski definition) is 0. The fraction of sp³-hybridized carbons (Fsp3) is 0.672. The van der Waals surface area contributed by atoms with Gasteiger partial charge in [-0.15, -0.1) is 46.4 Å². The van der Waals surface area contributed by atoms with Gasteiger partial charge >= 0.3 is 56.3 Å². The Hall–Kier alpha value is -2.94. The van der Waals surface area contributed by atoms with Crippen LogP contribution in [0.3, 0.4) is 0 Å². The van der Waals surface area contributed by atoms with Crippen LogP contribution in [0.2, 0.25) is 0 Å². The molecule has 24 nitrogen and oxygen atoms in total. The first-order chi connectivity index (χ1) is 42.4. The third-order valence-corrected chi connectivity index (χ3v) is 10.1. The Kier molecular flexibility index (Phi) is 85.6. The minimum atomic E-state index is -0.425. The Bertz CT molecular complexity index is 1770. The van der Waals surface area contributed by atoms with Crippen LogP contribution in [-0.4, -0.2) is 184 Å². The van der Waals surface area contributed by atoms with Crippen molar-refractivity contribution >= 4 is 98.1 Å². The van der Waals surface area contributed by atoms with E-state index in [9.17, 15) is 28.8 Å². The summed E-state index contributed by atoms with van der Waals surface area (Å²) in [6.45, 7) is 42.9. The molecule has 0 aromatic carbocycles. The zero-order valence-corrected chi connectivity index (χ0v) is 59.8. The normalized spacial score (nSPS) is 10.6. The van der Waals surface area contributed by atoms with Gasteiger partial charge in [-0.25, -0.2) is 87.4 Å². The van der Waals surface area contributed by atoms with E-state index >= 15 is 0 Å². The SMILES string of the molecule is C=C(C)C(=O)OCC(C)OOCCCCl.C=C(C)C(=O)OCCCCOOCCCCl.C=C(C)C(=O)OCCOOCC(C)CBr.C=C(C)C(=O)OCCOOCCCCl.C=C(C)C(=O)OCCOOCCCCl.C=C(C)C(=O)OCCOOCC[CH2-].[3H][Os]. The third-order valence-electron chi connectivity index (χ3n) is 7.93. The van der Waals surface area contributed by atoms with Crippen LogP contribution >= 0.6 is 62.3 Å². The second-order valence-corrected chi connectivity index (χ2v) is 19.5. The van der Waals surface area contributed by atoms with Crippen LogP contribution in [0, 0.1) is 12.8 Å². The molecule has 0 fully saturated rings. The van der Waals surface area contributed by atoms with E-state index in [0.29, 0.717) is 122 Å². The maximum atomic E-state index is 11.0. The summed E-state index contributed by atoms with van der Waals surface area (Å²) in [5.41, 5.74) is 2.27. The monoisotopic (exact) mass is 1590 g/mol. The number of carbonyl (C=O) groups excluding carboxylic acids is 6. The molecule has 2 unspecified atom stereocenters. The molecule has 0 amide bonds. The summed E-state index contributed by atoms with van der Waals surface area (Å²) in [6, 6.07) is 0. The number of hydrogen-bond acceptors (Lipinski definition) is 24. The first kappa shape index (κ1) is 96.2. The van der Waals surface area contributed by atoms with Crippen molar-refractivity contribution in [2.45, 2.75) is 106 Å². The molecule has 0 radical (unpaired) electrons. The van der Waals surface area contributed by atoms with Crippen molar-refractivity contribution < 1.29 is 135 Å². The van der Waals surface area contributed by atoms with Gasteiger partial charge in [0.25, 0.3) is 0 Å². The number of alkyl halides is 5. The first-order valence-electron chi connectivity index (χ1n) is 27.8. The molecule has 0 saturated carbocycles. The van der Waals surface area contributed by atoms with Crippen molar-refractivity contribution in [3.63, 3.8) is 0 Å². The molecule has 0 spiro atoms. The predicted molar refractivity (Wildman–Crippen MR) is 336 cm³/mol. The predicted octanol–water partition coefficient (Wildman–Crippen LogP) is 11.0. The van der Waals surface area contributed by atoms with E-state index in [1.54, 1.807) is 48.5 Å². The van der Waals surface area contributed by atoms with E-state index in [1.165, 1.54) is 0 Å². The van der Waals surface area contributed by atoms with Crippen LogP contribution in [0.1, 0.15) is 100 Å². The van der Waals surface area contributed by atoms with Crippen molar-refractivity contribution in [3.05, 3.63) is 79.8 Å². The molecule has 0 aliphatic heterocycles. The van der Waals surface area contributed by atoms with Crippen LogP contribution in [0.15, 0.2) is 72.9 Å². The van der Waals surface area contributed by atoms with Gasteiger partial charge in [-0.3, -0.25) is 0 Å². The molecule has 88 heavy (non-hydrogen) atoms. The van der Waals surface area contributed by atoms with Gasteiger partial charge in [0.05, 0.1) is 52.9 Å². The molecule has 0 bridgehead atoms. The Morgan fingerprint density at radius 1 is 0.375 bits per heavy atom. The minimum absolute atomic E-state index is 0.145. The zero-order valence-electron chi connectivity index (χ0n) is 53.7. The van der Waals surface area contributed by atoms with Gasteiger partial charge in [-0.05, 0) is 92.9 Å². The molecule has 30 heteroatoms. The second kappa shape index (κ2) is 78.3. The number of halogens is 5. The Morgan fingerprint density at radius 2 is 0.625 bits per heavy atom. The van der Waals surface area contributed by atoms with Crippen molar-refractivity contribution in [3.8, 4) is 0 Å². The zero-order chi connectivity index (χ0) is 69.3. The third kappa shape index (κ3) is 87.3.